The monoisotopic (exact) mass is 409 g/mol. The molecule has 2 heterocycles. The lowest BCUT2D eigenvalue weighted by atomic mass is 9.89. The number of hydrogen-bond acceptors (Lipinski definition) is 3. The van der Waals surface area contributed by atoms with Crippen LogP contribution in [-0.2, 0) is 4.79 Å². The molecule has 1 amide bonds. The minimum Gasteiger partial charge on any atom is -0.361 e. The fourth-order valence-corrected chi connectivity index (χ4v) is 4.40. The number of nitrogens with one attached hydrogen (secondary N) is 1. The third-order valence-corrected chi connectivity index (χ3v) is 5.67. The Labute approximate surface area is 165 Å². The van der Waals surface area contributed by atoms with Gasteiger partial charge in [-0.05, 0) is 37.1 Å². The van der Waals surface area contributed by atoms with E-state index in [2.05, 4.69) is 10.2 Å². The van der Waals surface area contributed by atoms with Gasteiger partial charge in [0.15, 0.2) is 0 Å². The molecular weight excluding hydrogens is 391 g/mol. The fraction of sp³-hybridized carbons (Fsp3) is 0.350. The van der Waals surface area contributed by atoms with E-state index in [4.69, 9.17) is 11.6 Å². The standard InChI is InChI=1S/C20H19ClF3N3O/c1-26-15-7-3-2-5-13(15)18-14(25-19(28)20(22,23)24)6-4-10-27(18)17-11-12(21)8-9-16(17)26/h2-3,5,7-9,11,14,18H,4,6,10H2,1H3,(H,25,28)/t14-,18+/m0/s1. The van der Waals surface area contributed by atoms with Gasteiger partial charge >= 0.3 is 12.1 Å². The molecule has 148 valence electrons. The Bertz CT molecular complexity index is 918. The number of benzene rings is 2. The molecule has 2 aromatic rings. The summed E-state index contributed by atoms with van der Waals surface area (Å²) in [5, 5.41) is 2.78. The zero-order valence-electron chi connectivity index (χ0n) is 15.1. The summed E-state index contributed by atoms with van der Waals surface area (Å²) in [6, 6.07) is 12.1. The number of piperidine rings is 1. The Morgan fingerprint density at radius 2 is 1.89 bits per heavy atom. The lowest BCUT2D eigenvalue weighted by Crippen LogP contribution is -2.52. The number of para-hydroxylation sites is 1. The van der Waals surface area contributed by atoms with Crippen molar-refractivity contribution in [2.24, 2.45) is 0 Å². The lowest BCUT2D eigenvalue weighted by Gasteiger charge is -2.43. The third kappa shape index (κ3) is 3.17. The second-order valence-electron chi connectivity index (χ2n) is 7.11. The van der Waals surface area contributed by atoms with Crippen LogP contribution in [0.5, 0.6) is 0 Å². The summed E-state index contributed by atoms with van der Waals surface area (Å²) in [7, 11) is 1.92. The van der Waals surface area contributed by atoms with Crippen molar-refractivity contribution in [2.75, 3.05) is 23.4 Å². The quantitative estimate of drug-likeness (QED) is 0.734. The van der Waals surface area contributed by atoms with Crippen LogP contribution in [0.4, 0.5) is 30.2 Å². The van der Waals surface area contributed by atoms with E-state index in [1.807, 2.05) is 48.3 Å². The molecule has 0 spiro atoms. The first-order valence-corrected chi connectivity index (χ1v) is 9.41. The zero-order valence-corrected chi connectivity index (χ0v) is 15.9. The topological polar surface area (TPSA) is 35.6 Å². The summed E-state index contributed by atoms with van der Waals surface area (Å²) in [6.07, 6.45) is -3.78. The van der Waals surface area contributed by atoms with Gasteiger partial charge in [0.1, 0.15) is 0 Å². The van der Waals surface area contributed by atoms with Crippen LogP contribution in [0.15, 0.2) is 42.5 Å². The largest absolute Gasteiger partial charge is 0.471 e. The van der Waals surface area contributed by atoms with E-state index >= 15 is 0 Å². The molecule has 0 bridgehead atoms. The molecule has 8 heteroatoms. The molecule has 28 heavy (non-hydrogen) atoms. The van der Waals surface area contributed by atoms with E-state index in [0.29, 0.717) is 24.4 Å². The molecule has 2 aliphatic rings. The van der Waals surface area contributed by atoms with Crippen LogP contribution in [0.1, 0.15) is 24.4 Å². The number of halogens is 4. The van der Waals surface area contributed by atoms with Crippen LogP contribution in [0.25, 0.3) is 0 Å². The van der Waals surface area contributed by atoms with Crippen LogP contribution in [0.2, 0.25) is 5.02 Å². The maximum absolute atomic E-state index is 12.9. The molecule has 0 saturated carbocycles. The summed E-state index contributed by atoms with van der Waals surface area (Å²) in [5.74, 6) is -1.90. The number of carbonyl (C=O) groups excluding carboxylic acids is 1. The highest BCUT2D eigenvalue weighted by atomic mass is 35.5. The number of anilines is 3. The number of carbonyl (C=O) groups is 1. The molecule has 1 fully saturated rings. The van der Waals surface area contributed by atoms with Gasteiger partial charge in [-0.2, -0.15) is 13.2 Å². The number of rotatable bonds is 1. The molecule has 2 aliphatic heterocycles. The number of amides is 1. The zero-order chi connectivity index (χ0) is 20.1. The molecule has 2 aromatic carbocycles. The Morgan fingerprint density at radius 1 is 1.14 bits per heavy atom. The summed E-state index contributed by atoms with van der Waals surface area (Å²) >= 11 is 6.24. The Hall–Kier alpha value is -2.41. The van der Waals surface area contributed by atoms with Crippen LogP contribution in [0, 0.1) is 0 Å². The van der Waals surface area contributed by atoms with Gasteiger partial charge in [0.25, 0.3) is 0 Å². The number of nitrogens with zero attached hydrogens (tertiary/aromatic N) is 2. The molecule has 4 nitrogen and oxygen atoms in total. The van der Waals surface area contributed by atoms with E-state index in [1.165, 1.54) is 0 Å². The first-order valence-electron chi connectivity index (χ1n) is 9.04. The van der Waals surface area contributed by atoms with Gasteiger partial charge in [-0.3, -0.25) is 4.79 Å². The van der Waals surface area contributed by atoms with Gasteiger partial charge in [-0.1, -0.05) is 29.8 Å². The van der Waals surface area contributed by atoms with Gasteiger partial charge in [-0.25, -0.2) is 0 Å². The van der Waals surface area contributed by atoms with Gasteiger partial charge in [-0.15, -0.1) is 0 Å². The molecule has 4 rings (SSSR count). The van der Waals surface area contributed by atoms with Crippen LogP contribution in [0.3, 0.4) is 0 Å². The third-order valence-electron chi connectivity index (χ3n) is 5.43. The highest BCUT2D eigenvalue weighted by molar-refractivity contribution is 6.31. The van der Waals surface area contributed by atoms with E-state index in [9.17, 15) is 18.0 Å². The number of fused-ring (bicyclic) bond motifs is 5. The molecule has 0 radical (unpaired) electrons. The molecular formula is C20H19ClF3N3O. The summed E-state index contributed by atoms with van der Waals surface area (Å²) in [6.45, 7) is 0.665. The average Bonchev–Trinajstić information content (AvgIpc) is 2.76. The lowest BCUT2D eigenvalue weighted by molar-refractivity contribution is -0.174. The first kappa shape index (κ1) is 18.9. The van der Waals surface area contributed by atoms with Crippen LogP contribution < -0.4 is 15.1 Å². The minimum absolute atomic E-state index is 0.418. The molecule has 1 N–H and O–H groups in total. The average molecular weight is 410 g/mol. The Morgan fingerprint density at radius 3 is 2.64 bits per heavy atom. The van der Waals surface area contributed by atoms with Crippen LogP contribution in [-0.4, -0.2) is 31.7 Å². The highest BCUT2D eigenvalue weighted by Gasteiger charge is 2.44. The van der Waals surface area contributed by atoms with Crippen molar-refractivity contribution in [3.05, 3.63) is 53.1 Å². The summed E-state index contributed by atoms with van der Waals surface area (Å²) < 4.78 is 38.7. The molecule has 2 atom stereocenters. The fourth-order valence-electron chi connectivity index (χ4n) is 4.24. The van der Waals surface area contributed by atoms with Gasteiger partial charge in [0.2, 0.25) is 0 Å². The predicted octanol–water partition coefficient (Wildman–Crippen LogP) is 4.81. The van der Waals surface area contributed by atoms with Crippen molar-refractivity contribution < 1.29 is 18.0 Å². The van der Waals surface area contributed by atoms with Crippen molar-refractivity contribution >= 4 is 34.6 Å². The maximum atomic E-state index is 12.9. The number of hydrogen-bond donors (Lipinski definition) is 1. The Balaban J connectivity index is 1.85. The minimum atomic E-state index is -4.91. The van der Waals surface area contributed by atoms with Gasteiger partial charge in [0.05, 0.1) is 23.5 Å². The first-order chi connectivity index (χ1) is 13.3. The van der Waals surface area contributed by atoms with Gasteiger partial charge < -0.3 is 15.1 Å². The SMILES string of the molecule is CN1c2ccccc2[C@@H]2[C@@H](NC(=O)C(F)(F)F)CCCN2c2cc(Cl)ccc21. The highest BCUT2D eigenvalue weighted by Crippen LogP contribution is 2.48. The molecule has 0 unspecified atom stereocenters. The van der Waals surface area contributed by atoms with Crippen molar-refractivity contribution in [1.82, 2.24) is 5.32 Å². The van der Waals surface area contributed by atoms with E-state index in [0.717, 1.165) is 22.6 Å². The summed E-state index contributed by atoms with van der Waals surface area (Å²) in [5.41, 5.74) is 3.54. The number of alkyl halides is 3. The molecule has 1 saturated heterocycles. The second kappa shape index (κ2) is 6.88. The van der Waals surface area contributed by atoms with Crippen molar-refractivity contribution in [1.29, 1.82) is 0 Å². The normalized spacial score (nSPS) is 21.3. The second-order valence-corrected chi connectivity index (χ2v) is 7.55. The van der Waals surface area contributed by atoms with Crippen molar-refractivity contribution in [3.8, 4) is 0 Å². The Kier molecular flexibility index (Phi) is 4.65. The van der Waals surface area contributed by atoms with Gasteiger partial charge in [0, 0.05) is 29.9 Å². The maximum Gasteiger partial charge on any atom is 0.471 e. The van der Waals surface area contributed by atoms with E-state index < -0.39 is 24.2 Å². The van der Waals surface area contributed by atoms with Crippen molar-refractivity contribution in [3.63, 3.8) is 0 Å². The smallest absolute Gasteiger partial charge is 0.361 e. The van der Waals surface area contributed by atoms with Crippen molar-refractivity contribution in [2.45, 2.75) is 31.1 Å². The van der Waals surface area contributed by atoms with E-state index in [1.54, 1.807) is 6.07 Å². The van der Waals surface area contributed by atoms with Crippen LogP contribution >= 0.6 is 11.6 Å². The molecule has 0 aromatic heterocycles. The predicted molar refractivity (Wildman–Crippen MR) is 103 cm³/mol. The van der Waals surface area contributed by atoms with E-state index in [-0.39, 0.29) is 0 Å². The summed E-state index contributed by atoms with van der Waals surface area (Å²) in [4.78, 5) is 15.8. The molecule has 0 aliphatic carbocycles.